The summed E-state index contributed by atoms with van der Waals surface area (Å²) >= 11 is 0. The van der Waals surface area contributed by atoms with Crippen LogP contribution in [0.1, 0.15) is 34.0 Å². The average Bonchev–Trinajstić information content (AvgIpc) is 2.32. The summed E-state index contributed by atoms with van der Waals surface area (Å²) in [6, 6.07) is 7.25. The predicted molar refractivity (Wildman–Crippen MR) is 80.8 cm³/mol. The van der Waals surface area contributed by atoms with Gasteiger partial charge in [-0.2, -0.15) is 5.10 Å². The molecule has 0 saturated heterocycles. The second kappa shape index (κ2) is 5.59. The van der Waals surface area contributed by atoms with Gasteiger partial charge in [0.1, 0.15) is 0 Å². The third-order valence-corrected chi connectivity index (χ3v) is 3.48. The van der Waals surface area contributed by atoms with Crippen LogP contribution in [0.25, 0.3) is 0 Å². The molecule has 0 bridgehead atoms. The molecule has 0 amide bonds. The summed E-state index contributed by atoms with van der Waals surface area (Å²) in [6.45, 7) is 8.44. The molecule has 2 N–H and O–H groups in total. The first-order chi connectivity index (χ1) is 9.38. The van der Waals surface area contributed by atoms with Gasteiger partial charge in [0.15, 0.2) is 0 Å². The van der Waals surface area contributed by atoms with Crippen molar-refractivity contribution >= 4 is 0 Å². The van der Waals surface area contributed by atoms with Crippen molar-refractivity contribution in [1.82, 2.24) is 9.78 Å². The lowest BCUT2D eigenvalue weighted by atomic mass is 9.94. The van der Waals surface area contributed by atoms with Crippen LogP contribution in [0, 0.1) is 27.7 Å². The van der Waals surface area contributed by atoms with Crippen molar-refractivity contribution in [2.75, 3.05) is 0 Å². The van der Waals surface area contributed by atoms with E-state index in [4.69, 9.17) is 5.73 Å². The summed E-state index contributed by atoms with van der Waals surface area (Å²) in [5.74, 6) is 0. The quantitative estimate of drug-likeness (QED) is 0.930. The minimum Gasteiger partial charge on any atom is -0.322 e. The largest absolute Gasteiger partial charge is 0.322 e. The molecule has 0 saturated carbocycles. The molecule has 1 aromatic heterocycles. The molecule has 2 aromatic rings. The van der Waals surface area contributed by atoms with Crippen molar-refractivity contribution in [2.24, 2.45) is 5.73 Å². The molecule has 1 aromatic carbocycles. The number of nitrogens with two attached hydrogens (primary N) is 1. The zero-order valence-corrected chi connectivity index (χ0v) is 12.5. The van der Waals surface area contributed by atoms with Gasteiger partial charge in [0.2, 0.25) is 0 Å². The summed E-state index contributed by atoms with van der Waals surface area (Å²) in [5.41, 5.74) is 11.6. The van der Waals surface area contributed by atoms with Gasteiger partial charge in [0.05, 0.1) is 18.3 Å². The van der Waals surface area contributed by atoms with E-state index in [1.807, 2.05) is 6.92 Å². The molecular formula is C16H21N3O. The van der Waals surface area contributed by atoms with Crippen molar-refractivity contribution < 1.29 is 0 Å². The maximum atomic E-state index is 11.8. The molecular weight excluding hydrogens is 250 g/mol. The number of nitrogens with zero attached hydrogens (tertiary/aromatic N) is 2. The number of hydrogen-bond donors (Lipinski definition) is 1. The molecule has 1 unspecified atom stereocenters. The Morgan fingerprint density at radius 3 is 2.35 bits per heavy atom. The summed E-state index contributed by atoms with van der Waals surface area (Å²) in [7, 11) is 0. The highest BCUT2D eigenvalue weighted by atomic mass is 16.1. The van der Waals surface area contributed by atoms with Crippen LogP contribution < -0.4 is 11.3 Å². The SMILES string of the molecule is Cc1cc(C)c(C(N)Cn2nc(C)ccc2=O)c(C)c1. The minimum atomic E-state index is -0.234. The fourth-order valence-electron chi connectivity index (χ4n) is 2.74. The molecule has 20 heavy (non-hydrogen) atoms. The summed E-state index contributed by atoms with van der Waals surface area (Å²) in [4.78, 5) is 11.8. The Balaban J connectivity index is 2.35. The van der Waals surface area contributed by atoms with Crippen LogP contribution in [0.15, 0.2) is 29.1 Å². The molecule has 0 aliphatic rings. The molecule has 0 fully saturated rings. The molecule has 106 valence electrons. The number of benzene rings is 1. The Kier molecular flexibility index (Phi) is 4.04. The minimum absolute atomic E-state index is 0.117. The van der Waals surface area contributed by atoms with Crippen LogP contribution in [0.5, 0.6) is 0 Å². The first-order valence-corrected chi connectivity index (χ1v) is 6.76. The zero-order chi connectivity index (χ0) is 14.9. The maximum Gasteiger partial charge on any atom is 0.266 e. The van der Waals surface area contributed by atoms with Crippen LogP contribution >= 0.6 is 0 Å². The van der Waals surface area contributed by atoms with Crippen LogP contribution in [0.3, 0.4) is 0 Å². The topological polar surface area (TPSA) is 60.9 Å². The first kappa shape index (κ1) is 14.5. The highest BCUT2D eigenvalue weighted by molar-refractivity contribution is 5.39. The van der Waals surface area contributed by atoms with Gasteiger partial charge in [-0.1, -0.05) is 17.7 Å². The van der Waals surface area contributed by atoms with Crippen LogP contribution in [-0.4, -0.2) is 9.78 Å². The van der Waals surface area contributed by atoms with Crippen LogP contribution in [0.4, 0.5) is 0 Å². The smallest absolute Gasteiger partial charge is 0.266 e. The zero-order valence-electron chi connectivity index (χ0n) is 12.5. The van der Waals surface area contributed by atoms with Gasteiger partial charge in [-0.05, 0) is 50.5 Å². The summed E-state index contributed by atoms with van der Waals surface area (Å²) in [5, 5.41) is 4.24. The molecule has 4 nitrogen and oxygen atoms in total. The third kappa shape index (κ3) is 2.96. The van der Waals surface area contributed by atoms with Gasteiger partial charge in [0, 0.05) is 6.07 Å². The highest BCUT2D eigenvalue weighted by Crippen LogP contribution is 2.22. The van der Waals surface area contributed by atoms with E-state index in [2.05, 4.69) is 38.0 Å². The van der Waals surface area contributed by atoms with E-state index in [9.17, 15) is 4.79 Å². The Morgan fingerprint density at radius 1 is 1.15 bits per heavy atom. The van der Waals surface area contributed by atoms with E-state index in [1.165, 1.54) is 16.3 Å². The molecule has 1 atom stereocenters. The molecule has 1 heterocycles. The Labute approximate surface area is 119 Å². The highest BCUT2D eigenvalue weighted by Gasteiger charge is 2.14. The Morgan fingerprint density at radius 2 is 1.75 bits per heavy atom. The van der Waals surface area contributed by atoms with Gasteiger partial charge in [-0.25, -0.2) is 4.68 Å². The molecule has 0 aliphatic heterocycles. The van der Waals surface area contributed by atoms with Gasteiger partial charge in [-0.3, -0.25) is 4.79 Å². The average molecular weight is 271 g/mol. The predicted octanol–water partition coefficient (Wildman–Crippen LogP) is 2.18. The number of hydrogen-bond acceptors (Lipinski definition) is 3. The van der Waals surface area contributed by atoms with Crippen molar-refractivity contribution in [3.05, 3.63) is 62.6 Å². The molecule has 2 rings (SSSR count). The monoisotopic (exact) mass is 271 g/mol. The standard InChI is InChI=1S/C16H21N3O/c1-10-7-11(2)16(12(3)8-10)14(17)9-19-15(20)6-5-13(4)18-19/h5-8,14H,9,17H2,1-4H3. The molecule has 0 spiro atoms. The van der Waals surface area contributed by atoms with Gasteiger partial charge in [-0.15, -0.1) is 0 Å². The van der Waals surface area contributed by atoms with E-state index in [0.29, 0.717) is 6.54 Å². The van der Waals surface area contributed by atoms with Crippen molar-refractivity contribution in [3.63, 3.8) is 0 Å². The first-order valence-electron chi connectivity index (χ1n) is 6.76. The fraction of sp³-hybridized carbons (Fsp3) is 0.375. The third-order valence-electron chi connectivity index (χ3n) is 3.48. The molecule has 0 aliphatic carbocycles. The van der Waals surface area contributed by atoms with E-state index in [1.54, 1.807) is 6.07 Å². The van der Waals surface area contributed by atoms with Gasteiger partial charge >= 0.3 is 0 Å². The van der Waals surface area contributed by atoms with Gasteiger partial charge < -0.3 is 5.73 Å². The lowest BCUT2D eigenvalue weighted by Crippen LogP contribution is -2.29. The lowest BCUT2D eigenvalue weighted by Gasteiger charge is -2.19. The van der Waals surface area contributed by atoms with Crippen molar-refractivity contribution in [2.45, 2.75) is 40.3 Å². The number of aryl methyl sites for hydroxylation is 4. The van der Waals surface area contributed by atoms with E-state index in [-0.39, 0.29) is 11.6 Å². The maximum absolute atomic E-state index is 11.8. The number of aromatic nitrogens is 2. The van der Waals surface area contributed by atoms with Crippen LogP contribution in [0.2, 0.25) is 0 Å². The lowest BCUT2D eigenvalue weighted by molar-refractivity contribution is 0.497. The van der Waals surface area contributed by atoms with E-state index < -0.39 is 0 Å². The van der Waals surface area contributed by atoms with E-state index in [0.717, 1.165) is 22.4 Å². The van der Waals surface area contributed by atoms with Crippen molar-refractivity contribution in [1.29, 1.82) is 0 Å². The summed E-state index contributed by atoms with van der Waals surface area (Å²) in [6.07, 6.45) is 0. The second-order valence-corrected chi connectivity index (χ2v) is 5.41. The van der Waals surface area contributed by atoms with E-state index >= 15 is 0 Å². The molecule has 4 heteroatoms. The summed E-state index contributed by atoms with van der Waals surface area (Å²) < 4.78 is 1.44. The van der Waals surface area contributed by atoms with Crippen LogP contribution in [-0.2, 0) is 6.54 Å². The number of rotatable bonds is 3. The normalized spacial score (nSPS) is 12.4. The van der Waals surface area contributed by atoms with Crippen molar-refractivity contribution in [3.8, 4) is 0 Å². The Bertz CT molecular complexity index is 665. The Hall–Kier alpha value is -1.94. The second-order valence-electron chi connectivity index (χ2n) is 5.41. The molecule has 0 radical (unpaired) electrons. The fourth-order valence-corrected chi connectivity index (χ4v) is 2.74. The van der Waals surface area contributed by atoms with Gasteiger partial charge in [0.25, 0.3) is 5.56 Å².